The van der Waals surface area contributed by atoms with Crippen molar-refractivity contribution in [2.75, 3.05) is 18.0 Å². The van der Waals surface area contributed by atoms with E-state index < -0.39 is 0 Å². The third-order valence-electron chi connectivity index (χ3n) is 2.23. The Morgan fingerprint density at radius 3 is 2.08 bits per heavy atom. The van der Waals surface area contributed by atoms with Gasteiger partial charge in [-0.2, -0.15) is 0 Å². The minimum Gasteiger partial charge on any atom is -0.412 e. The van der Waals surface area contributed by atoms with E-state index in [4.69, 9.17) is 0 Å². The van der Waals surface area contributed by atoms with E-state index in [2.05, 4.69) is 35.2 Å². The fraction of sp³-hybridized carbons (Fsp3) is 0.400. The van der Waals surface area contributed by atoms with Crippen LogP contribution in [0.4, 0.5) is 5.69 Å². The lowest BCUT2D eigenvalue weighted by Crippen LogP contribution is -2.16. The minimum atomic E-state index is 0. The summed E-state index contributed by atoms with van der Waals surface area (Å²) >= 11 is 0. The molecule has 1 aromatic rings. The molecule has 0 aromatic heterocycles. The zero-order valence-corrected chi connectivity index (χ0v) is 7.16. The van der Waals surface area contributed by atoms with Crippen LogP contribution in [-0.4, -0.2) is 18.6 Å². The predicted molar refractivity (Wildman–Crippen MR) is 51.5 cm³/mol. The van der Waals surface area contributed by atoms with Gasteiger partial charge in [0, 0.05) is 18.8 Å². The number of hydrogen-bond acceptors (Lipinski definition) is 1. The Labute approximate surface area is 73.1 Å². The van der Waals surface area contributed by atoms with Crippen molar-refractivity contribution in [1.82, 2.24) is 0 Å². The predicted octanol–water partition coefficient (Wildman–Crippen LogP) is 1.46. The van der Waals surface area contributed by atoms with Crippen molar-refractivity contribution in [2.24, 2.45) is 0 Å². The molecule has 0 radical (unpaired) electrons. The van der Waals surface area contributed by atoms with Crippen LogP contribution in [0.15, 0.2) is 30.3 Å². The van der Waals surface area contributed by atoms with Crippen LogP contribution in [0.25, 0.3) is 0 Å². The molecule has 2 rings (SSSR count). The smallest absolute Gasteiger partial charge is 0.0366 e. The molecule has 1 fully saturated rings. The summed E-state index contributed by atoms with van der Waals surface area (Å²) in [5.41, 5.74) is 1.38. The van der Waals surface area contributed by atoms with Gasteiger partial charge in [0.15, 0.2) is 0 Å². The highest BCUT2D eigenvalue weighted by Crippen LogP contribution is 2.18. The lowest BCUT2D eigenvalue weighted by molar-refractivity contribution is 0.824. The largest absolute Gasteiger partial charge is 0.412 e. The van der Waals surface area contributed by atoms with Crippen LogP contribution < -0.4 is 4.90 Å². The van der Waals surface area contributed by atoms with E-state index in [1.54, 1.807) is 0 Å². The summed E-state index contributed by atoms with van der Waals surface area (Å²) in [4.78, 5) is 2.44. The van der Waals surface area contributed by atoms with Gasteiger partial charge in [-0.15, -0.1) is 0 Å². The first-order valence-corrected chi connectivity index (χ1v) is 4.27. The molecule has 66 valence electrons. The number of benzene rings is 1. The third-order valence-corrected chi connectivity index (χ3v) is 2.23. The van der Waals surface area contributed by atoms with E-state index in [0.29, 0.717) is 0 Å². The Morgan fingerprint density at radius 2 is 1.50 bits per heavy atom. The first kappa shape index (κ1) is 9.07. The molecule has 1 aliphatic heterocycles. The van der Waals surface area contributed by atoms with Gasteiger partial charge in [-0.3, -0.25) is 0 Å². The molecule has 0 amide bonds. The first-order valence-electron chi connectivity index (χ1n) is 4.27. The average molecular weight is 165 g/mol. The first-order chi connectivity index (χ1) is 5.47. The van der Waals surface area contributed by atoms with Crippen LogP contribution in [0.2, 0.25) is 0 Å². The molecule has 0 bridgehead atoms. The maximum atomic E-state index is 2.44. The van der Waals surface area contributed by atoms with Gasteiger partial charge in [-0.05, 0) is 25.0 Å². The van der Waals surface area contributed by atoms with Crippen molar-refractivity contribution in [3.63, 3.8) is 0 Å². The fourth-order valence-electron chi connectivity index (χ4n) is 1.61. The van der Waals surface area contributed by atoms with E-state index in [1.165, 1.54) is 31.6 Å². The van der Waals surface area contributed by atoms with Gasteiger partial charge in [0.25, 0.3) is 0 Å². The van der Waals surface area contributed by atoms with Crippen molar-refractivity contribution >= 4 is 5.69 Å². The molecule has 1 saturated heterocycles. The molecule has 0 saturated carbocycles. The fourth-order valence-corrected chi connectivity index (χ4v) is 1.61. The van der Waals surface area contributed by atoms with Crippen LogP contribution in [0, 0.1) is 0 Å². The highest BCUT2D eigenvalue weighted by Gasteiger charge is 2.10. The lowest BCUT2D eigenvalue weighted by Gasteiger charge is -2.16. The SMILES string of the molecule is O.c1ccc(N2CCCC2)cc1. The summed E-state index contributed by atoms with van der Waals surface area (Å²) < 4.78 is 0. The molecule has 1 aromatic carbocycles. The van der Waals surface area contributed by atoms with Gasteiger partial charge in [0.2, 0.25) is 0 Å². The van der Waals surface area contributed by atoms with Crippen LogP contribution in [-0.2, 0) is 0 Å². The quantitative estimate of drug-likeness (QED) is 0.620. The minimum absolute atomic E-state index is 0. The molecule has 2 heteroatoms. The molecule has 2 N–H and O–H groups in total. The lowest BCUT2D eigenvalue weighted by atomic mass is 10.3. The number of nitrogens with zero attached hydrogens (tertiary/aromatic N) is 1. The van der Waals surface area contributed by atoms with Gasteiger partial charge >= 0.3 is 0 Å². The van der Waals surface area contributed by atoms with Gasteiger partial charge in [-0.1, -0.05) is 18.2 Å². The summed E-state index contributed by atoms with van der Waals surface area (Å²) in [5, 5.41) is 0. The molecule has 2 nitrogen and oxygen atoms in total. The Balaban J connectivity index is 0.000000720. The van der Waals surface area contributed by atoms with E-state index in [9.17, 15) is 0 Å². The van der Waals surface area contributed by atoms with Crippen LogP contribution in [0.5, 0.6) is 0 Å². The zero-order chi connectivity index (χ0) is 7.52. The summed E-state index contributed by atoms with van der Waals surface area (Å²) in [6.07, 6.45) is 2.71. The van der Waals surface area contributed by atoms with Gasteiger partial charge in [0.1, 0.15) is 0 Å². The molecule has 0 atom stereocenters. The summed E-state index contributed by atoms with van der Waals surface area (Å²) in [6.45, 7) is 2.48. The van der Waals surface area contributed by atoms with Crippen LogP contribution in [0.1, 0.15) is 12.8 Å². The van der Waals surface area contributed by atoms with Gasteiger partial charge in [-0.25, -0.2) is 0 Å². The van der Waals surface area contributed by atoms with Crippen molar-refractivity contribution in [2.45, 2.75) is 12.8 Å². The molecule has 1 heterocycles. The van der Waals surface area contributed by atoms with Gasteiger partial charge < -0.3 is 10.4 Å². The second-order valence-corrected chi connectivity index (χ2v) is 3.03. The Morgan fingerprint density at radius 1 is 0.917 bits per heavy atom. The van der Waals surface area contributed by atoms with Crippen LogP contribution in [0.3, 0.4) is 0 Å². The standard InChI is InChI=1S/C10H13N.H2O/c1-2-6-10(7-3-1)11-8-4-5-9-11;/h1-3,6-7H,4-5,8-9H2;1H2. The average Bonchev–Trinajstić information content (AvgIpc) is 2.58. The second-order valence-electron chi connectivity index (χ2n) is 3.03. The maximum Gasteiger partial charge on any atom is 0.0366 e. The van der Waals surface area contributed by atoms with Gasteiger partial charge in [0.05, 0.1) is 0 Å². The molecular weight excluding hydrogens is 150 g/mol. The Bertz CT molecular complexity index is 217. The highest BCUT2D eigenvalue weighted by molar-refractivity contribution is 5.46. The number of para-hydroxylation sites is 1. The monoisotopic (exact) mass is 165 g/mol. The van der Waals surface area contributed by atoms with Crippen molar-refractivity contribution < 1.29 is 5.48 Å². The van der Waals surface area contributed by atoms with E-state index in [1.807, 2.05) is 0 Å². The molecule has 0 aliphatic carbocycles. The molecule has 0 unspecified atom stereocenters. The number of rotatable bonds is 1. The van der Waals surface area contributed by atoms with Crippen molar-refractivity contribution in [1.29, 1.82) is 0 Å². The number of hydrogen-bond donors (Lipinski definition) is 0. The van der Waals surface area contributed by atoms with E-state index in [0.717, 1.165) is 0 Å². The highest BCUT2D eigenvalue weighted by atomic mass is 16.0. The van der Waals surface area contributed by atoms with Crippen molar-refractivity contribution in [3.05, 3.63) is 30.3 Å². The summed E-state index contributed by atoms with van der Waals surface area (Å²) in [6, 6.07) is 10.7. The molecule has 1 aliphatic rings. The Kier molecular flexibility index (Phi) is 3.11. The number of anilines is 1. The van der Waals surface area contributed by atoms with E-state index in [-0.39, 0.29) is 5.48 Å². The van der Waals surface area contributed by atoms with E-state index >= 15 is 0 Å². The second kappa shape index (κ2) is 4.12. The topological polar surface area (TPSA) is 34.7 Å². The zero-order valence-electron chi connectivity index (χ0n) is 7.16. The molecule has 12 heavy (non-hydrogen) atoms. The third kappa shape index (κ3) is 1.77. The maximum absolute atomic E-state index is 2.44. The van der Waals surface area contributed by atoms with Crippen molar-refractivity contribution in [3.8, 4) is 0 Å². The summed E-state index contributed by atoms with van der Waals surface area (Å²) in [7, 11) is 0. The Hall–Kier alpha value is -1.02. The molecular formula is C10H15NO. The van der Waals surface area contributed by atoms with Crippen LogP contribution >= 0.6 is 0 Å². The molecule has 0 spiro atoms. The summed E-state index contributed by atoms with van der Waals surface area (Å²) in [5.74, 6) is 0. The normalized spacial score (nSPS) is 15.8.